The molecule has 6 rings (SSSR count). The number of nitrogens with zero attached hydrogens (tertiary/aromatic N) is 4. The van der Waals surface area contributed by atoms with Gasteiger partial charge in [-0.25, -0.2) is 19.7 Å². The van der Waals surface area contributed by atoms with Crippen molar-refractivity contribution in [2.75, 3.05) is 13.1 Å². The maximum Gasteiger partial charge on any atom is 0.410 e. The lowest BCUT2D eigenvalue weighted by atomic mass is 10.1. The van der Waals surface area contributed by atoms with Crippen LogP contribution in [-0.2, 0) is 9.47 Å². The van der Waals surface area contributed by atoms with Crippen LogP contribution in [0.5, 0.6) is 0 Å². The number of amides is 1. The van der Waals surface area contributed by atoms with Gasteiger partial charge in [-0.2, -0.15) is 0 Å². The summed E-state index contributed by atoms with van der Waals surface area (Å²) in [4.78, 5) is 32.8. The van der Waals surface area contributed by atoms with Crippen LogP contribution >= 0.6 is 0 Å². The van der Waals surface area contributed by atoms with E-state index in [9.17, 15) is 9.90 Å². The van der Waals surface area contributed by atoms with E-state index >= 15 is 0 Å². The molecule has 0 aliphatic carbocycles. The first-order chi connectivity index (χ1) is 21.8. The molecule has 10 heteroatoms. The molecule has 3 unspecified atom stereocenters. The number of hydrogen-bond acceptors (Lipinski definition) is 7. The molecule has 4 heterocycles. The normalized spacial score (nSPS) is 19.8. The van der Waals surface area contributed by atoms with Crippen molar-refractivity contribution in [3.05, 3.63) is 71.4 Å². The van der Waals surface area contributed by atoms with E-state index in [1.54, 1.807) is 4.90 Å². The lowest BCUT2D eigenvalue weighted by molar-refractivity contribution is -0.243. The van der Waals surface area contributed by atoms with E-state index in [1.807, 2.05) is 95.1 Å². The van der Waals surface area contributed by atoms with E-state index in [-0.39, 0.29) is 18.2 Å². The molecule has 2 aromatic carbocycles. The van der Waals surface area contributed by atoms with Crippen LogP contribution < -0.4 is 0 Å². The minimum absolute atomic E-state index is 0.0363. The highest BCUT2D eigenvalue weighted by Gasteiger charge is 2.36. The Bertz CT molecular complexity index is 1750. The van der Waals surface area contributed by atoms with Crippen LogP contribution in [0.2, 0.25) is 0 Å². The summed E-state index contributed by atoms with van der Waals surface area (Å²) in [5.41, 5.74) is 4.47. The van der Waals surface area contributed by atoms with E-state index in [1.165, 1.54) is 0 Å². The highest BCUT2D eigenvalue weighted by molar-refractivity contribution is 5.77. The van der Waals surface area contributed by atoms with Crippen LogP contribution in [0, 0.1) is 11.8 Å². The summed E-state index contributed by atoms with van der Waals surface area (Å²) in [7, 11) is 0. The van der Waals surface area contributed by atoms with Crippen LogP contribution in [-0.4, -0.2) is 71.6 Å². The number of aromatic amines is 2. The van der Waals surface area contributed by atoms with Crippen molar-refractivity contribution in [2.24, 2.45) is 0 Å². The smallest absolute Gasteiger partial charge is 0.410 e. The lowest BCUT2D eigenvalue weighted by Gasteiger charge is -2.32. The van der Waals surface area contributed by atoms with Gasteiger partial charge in [-0.3, -0.25) is 4.90 Å². The van der Waals surface area contributed by atoms with Gasteiger partial charge in [-0.1, -0.05) is 24.0 Å². The Kier molecular flexibility index (Phi) is 8.68. The zero-order valence-corrected chi connectivity index (χ0v) is 27.6. The van der Waals surface area contributed by atoms with E-state index in [0.717, 1.165) is 77.3 Å². The molecule has 0 saturated carbocycles. The van der Waals surface area contributed by atoms with Crippen LogP contribution in [0.15, 0.2) is 48.7 Å². The maximum atomic E-state index is 12.7. The first-order valence-corrected chi connectivity index (χ1v) is 16.1. The number of aliphatic hydroxyl groups excluding tert-OH is 1. The number of benzene rings is 2. The number of aliphatic hydroxyl groups is 1. The van der Waals surface area contributed by atoms with Gasteiger partial charge in [0.2, 0.25) is 6.41 Å². The summed E-state index contributed by atoms with van der Waals surface area (Å²) >= 11 is 0. The van der Waals surface area contributed by atoms with Gasteiger partial charge in [0.15, 0.2) is 0 Å². The number of likely N-dealkylation sites (tertiary alicyclic amines) is 2. The number of hydrogen-bond donors (Lipinski definition) is 3. The standard InChI is InChI=1S/C36H44N6O4/c1-35(2,3)45-33(43)41-19-7-9-29(41)31-37-22-28(40-31)25-16-13-23(14-17-25)11-12-24-15-18-26-27(21-24)39-32(38-26)30-10-8-20-42(30)34(44)46-36(4,5)6/h13-18,21-22,29-30,34,44H,7-10,19-20H2,1-6H3,(H,37,40)(H,38,39). The van der Waals surface area contributed by atoms with Crippen molar-refractivity contribution < 1.29 is 19.4 Å². The van der Waals surface area contributed by atoms with Gasteiger partial charge in [-0.05, 0) is 103 Å². The number of ether oxygens (including phenoxy) is 2. The molecule has 4 aromatic rings. The first kappa shape index (κ1) is 31.8. The molecule has 1 amide bonds. The fraction of sp³-hybridized carbons (Fsp3) is 0.472. The van der Waals surface area contributed by atoms with Crippen LogP contribution in [0.4, 0.5) is 4.79 Å². The Hall–Kier alpha value is -4.17. The Morgan fingerprint density at radius 1 is 0.913 bits per heavy atom. The molecular formula is C36H44N6O4. The zero-order valence-electron chi connectivity index (χ0n) is 27.6. The molecule has 0 spiro atoms. The van der Waals surface area contributed by atoms with Crippen LogP contribution in [0.3, 0.4) is 0 Å². The van der Waals surface area contributed by atoms with Gasteiger partial charge < -0.3 is 24.5 Å². The molecular weight excluding hydrogens is 580 g/mol. The number of H-pyrrole nitrogens is 2. The summed E-state index contributed by atoms with van der Waals surface area (Å²) in [5.74, 6) is 8.15. The van der Waals surface area contributed by atoms with Gasteiger partial charge in [0.1, 0.15) is 17.2 Å². The predicted molar refractivity (Wildman–Crippen MR) is 177 cm³/mol. The van der Waals surface area contributed by atoms with Crippen molar-refractivity contribution in [2.45, 2.75) is 96.9 Å². The molecule has 46 heavy (non-hydrogen) atoms. The number of fused-ring (bicyclic) bond motifs is 1. The number of imidazole rings is 2. The Labute approximate surface area is 270 Å². The minimum atomic E-state index is -0.981. The maximum absolute atomic E-state index is 12.7. The summed E-state index contributed by atoms with van der Waals surface area (Å²) in [6.45, 7) is 12.9. The fourth-order valence-electron chi connectivity index (χ4n) is 6.12. The number of nitrogens with one attached hydrogen (secondary N) is 2. The van der Waals surface area contributed by atoms with Crippen molar-refractivity contribution >= 4 is 17.1 Å². The van der Waals surface area contributed by atoms with Gasteiger partial charge in [0.05, 0.1) is 40.6 Å². The quantitative estimate of drug-likeness (QED) is 0.168. The molecule has 2 aromatic heterocycles. The average Bonchev–Trinajstić information content (AvgIpc) is 3.79. The second-order valence-electron chi connectivity index (χ2n) is 14.1. The molecule has 0 radical (unpaired) electrons. The topological polar surface area (TPSA) is 120 Å². The number of carbonyl (C=O) groups excluding carboxylic acids is 1. The highest BCUT2D eigenvalue weighted by atomic mass is 16.6. The Morgan fingerprint density at radius 2 is 1.61 bits per heavy atom. The summed E-state index contributed by atoms with van der Waals surface area (Å²) in [6, 6.07) is 13.9. The van der Waals surface area contributed by atoms with Gasteiger partial charge in [-0.15, -0.1) is 0 Å². The van der Waals surface area contributed by atoms with E-state index < -0.39 is 17.6 Å². The largest absolute Gasteiger partial charge is 0.444 e. The molecule has 2 aliphatic rings. The Morgan fingerprint density at radius 3 is 2.35 bits per heavy atom. The van der Waals surface area contributed by atoms with Crippen LogP contribution in [0.1, 0.15) is 102 Å². The summed E-state index contributed by atoms with van der Waals surface area (Å²) in [6.07, 6.45) is 4.17. The molecule has 242 valence electrons. The van der Waals surface area contributed by atoms with Crippen LogP contribution in [0.25, 0.3) is 22.3 Å². The van der Waals surface area contributed by atoms with Crippen molar-refractivity contribution in [1.29, 1.82) is 0 Å². The highest BCUT2D eigenvalue weighted by Crippen LogP contribution is 2.35. The number of rotatable bonds is 5. The second-order valence-corrected chi connectivity index (χ2v) is 14.1. The third-order valence-electron chi connectivity index (χ3n) is 8.19. The van der Waals surface area contributed by atoms with Gasteiger partial charge in [0, 0.05) is 24.2 Å². The second kappa shape index (κ2) is 12.6. The first-order valence-electron chi connectivity index (χ1n) is 16.1. The van der Waals surface area contributed by atoms with E-state index in [4.69, 9.17) is 14.5 Å². The molecule has 2 fully saturated rings. The fourth-order valence-corrected chi connectivity index (χ4v) is 6.12. The number of carbonyl (C=O) groups is 1. The third-order valence-corrected chi connectivity index (χ3v) is 8.19. The summed E-state index contributed by atoms with van der Waals surface area (Å²) in [5, 5.41) is 10.7. The van der Waals surface area contributed by atoms with Crippen molar-refractivity contribution in [1.82, 2.24) is 29.7 Å². The SMILES string of the molecule is CC(C)(C)OC(=O)N1CCCC1c1ncc(-c2ccc(C#Cc3ccc4nc(C5CCCN5C(O)OC(C)(C)C)[nH]c4c3)cc2)[nH]1. The summed E-state index contributed by atoms with van der Waals surface area (Å²) < 4.78 is 11.4. The van der Waals surface area contributed by atoms with Crippen molar-refractivity contribution in [3.8, 4) is 23.1 Å². The molecule has 3 N–H and O–H groups in total. The van der Waals surface area contributed by atoms with E-state index in [2.05, 4.69) is 26.8 Å². The number of aromatic nitrogens is 4. The monoisotopic (exact) mass is 624 g/mol. The van der Waals surface area contributed by atoms with Gasteiger partial charge >= 0.3 is 6.09 Å². The zero-order chi connectivity index (χ0) is 32.6. The molecule has 2 saturated heterocycles. The minimum Gasteiger partial charge on any atom is -0.444 e. The van der Waals surface area contributed by atoms with Crippen molar-refractivity contribution in [3.63, 3.8) is 0 Å². The Balaban J connectivity index is 1.12. The molecule has 10 nitrogen and oxygen atoms in total. The molecule has 3 atom stereocenters. The molecule has 2 aliphatic heterocycles. The average molecular weight is 625 g/mol. The molecule has 0 bridgehead atoms. The predicted octanol–water partition coefficient (Wildman–Crippen LogP) is 6.65. The van der Waals surface area contributed by atoms with Gasteiger partial charge in [0.25, 0.3) is 0 Å². The lowest BCUT2D eigenvalue weighted by Crippen LogP contribution is -2.41. The van der Waals surface area contributed by atoms with E-state index in [0.29, 0.717) is 6.54 Å². The third kappa shape index (κ3) is 7.28.